The Morgan fingerprint density at radius 2 is 1.00 bits per heavy atom. The highest BCUT2D eigenvalue weighted by molar-refractivity contribution is 5.62. The van der Waals surface area contributed by atoms with Crippen LogP contribution in [0.1, 0.15) is 50.2 Å². The second-order valence-corrected chi connectivity index (χ2v) is 5.21. The van der Waals surface area contributed by atoms with Gasteiger partial charge in [0.25, 0.3) is 0 Å². The normalized spacial score (nSPS) is 8.85. The number of rotatable bonds is 1. The number of hydrogen-bond donors (Lipinski definition) is 0. The van der Waals surface area contributed by atoms with Crippen LogP contribution in [0.3, 0.4) is 0 Å². The van der Waals surface area contributed by atoms with E-state index in [0.29, 0.717) is 0 Å². The summed E-state index contributed by atoms with van der Waals surface area (Å²) in [6.07, 6.45) is 3.69. The molecule has 0 bridgehead atoms. The zero-order valence-corrected chi connectivity index (χ0v) is 16.7. The summed E-state index contributed by atoms with van der Waals surface area (Å²) < 4.78 is 0. The van der Waals surface area contributed by atoms with Gasteiger partial charge in [-0.1, -0.05) is 69.4 Å². The van der Waals surface area contributed by atoms with Gasteiger partial charge in [-0.2, -0.15) is 0 Å². The fourth-order valence-corrected chi connectivity index (χ4v) is 2.07. The Hall–Kier alpha value is -2.92. The molecule has 2 heteroatoms. The first-order valence-electron chi connectivity index (χ1n) is 9.18. The molecule has 0 aliphatic carbocycles. The molecule has 26 heavy (non-hydrogen) atoms. The molecular weight excluding hydrogens is 316 g/mol. The average Bonchev–Trinajstić information content (AvgIpc) is 2.72. The largest absolute Gasteiger partial charge is 0.241 e. The van der Waals surface area contributed by atoms with Crippen LogP contribution in [-0.2, 0) is 0 Å². The van der Waals surface area contributed by atoms with Crippen LogP contribution < -0.4 is 0 Å². The summed E-state index contributed by atoms with van der Waals surface area (Å²) in [6.45, 7) is 12.0. The van der Waals surface area contributed by atoms with E-state index in [2.05, 4.69) is 40.9 Å². The van der Waals surface area contributed by atoms with E-state index in [1.807, 2.05) is 83.4 Å². The number of aryl methyl sites for hydroxylation is 2. The van der Waals surface area contributed by atoms with Crippen molar-refractivity contribution in [1.82, 2.24) is 9.97 Å². The van der Waals surface area contributed by atoms with Crippen molar-refractivity contribution < 1.29 is 0 Å². The SMILES string of the molecule is CC.CC.Cc1ccc(C#Cc2ccc(-c3cnc(C)nc3)cc2)cc1. The van der Waals surface area contributed by atoms with Gasteiger partial charge in [0.15, 0.2) is 0 Å². The highest BCUT2D eigenvalue weighted by atomic mass is 14.8. The van der Waals surface area contributed by atoms with Gasteiger partial charge >= 0.3 is 0 Å². The van der Waals surface area contributed by atoms with E-state index in [1.54, 1.807) is 0 Å². The summed E-state index contributed by atoms with van der Waals surface area (Å²) in [4.78, 5) is 8.44. The third kappa shape index (κ3) is 6.53. The van der Waals surface area contributed by atoms with Crippen LogP contribution in [-0.4, -0.2) is 9.97 Å². The maximum atomic E-state index is 4.22. The molecule has 134 valence electrons. The van der Waals surface area contributed by atoms with E-state index in [-0.39, 0.29) is 0 Å². The van der Waals surface area contributed by atoms with Crippen molar-refractivity contribution in [2.24, 2.45) is 0 Å². The summed E-state index contributed by atoms with van der Waals surface area (Å²) in [5, 5.41) is 0. The molecule has 1 heterocycles. The van der Waals surface area contributed by atoms with Gasteiger partial charge in [-0.3, -0.25) is 0 Å². The molecule has 0 amide bonds. The van der Waals surface area contributed by atoms with E-state index in [4.69, 9.17) is 0 Å². The molecule has 0 saturated heterocycles. The smallest absolute Gasteiger partial charge is 0.125 e. The maximum Gasteiger partial charge on any atom is 0.125 e. The Morgan fingerprint density at radius 3 is 1.46 bits per heavy atom. The fraction of sp³-hybridized carbons (Fsp3) is 0.250. The highest BCUT2D eigenvalue weighted by Crippen LogP contribution is 2.17. The van der Waals surface area contributed by atoms with Crippen LogP contribution in [0.2, 0.25) is 0 Å². The summed E-state index contributed by atoms with van der Waals surface area (Å²) in [5.41, 5.74) is 5.39. The summed E-state index contributed by atoms with van der Waals surface area (Å²) in [6, 6.07) is 16.4. The lowest BCUT2D eigenvalue weighted by Gasteiger charge is -2.01. The van der Waals surface area contributed by atoms with Gasteiger partial charge in [-0.25, -0.2) is 9.97 Å². The topological polar surface area (TPSA) is 25.8 Å². The third-order valence-electron chi connectivity index (χ3n) is 3.40. The third-order valence-corrected chi connectivity index (χ3v) is 3.40. The van der Waals surface area contributed by atoms with E-state index in [9.17, 15) is 0 Å². The molecule has 0 spiro atoms. The van der Waals surface area contributed by atoms with E-state index in [0.717, 1.165) is 28.1 Å². The lowest BCUT2D eigenvalue weighted by atomic mass is 10.1. The second kappa shape index (κ2) is 11.6. The number of benzene rings is 2. The van der Waals surface area contributed by atoms with Crippen LogP contribution in [0.25, 0.3) is 11.1 Å². The summed E-state index contributed by atoms with van der Waals surface area (Å²) >= 11 is 0. The predicted octanol–water partition coefficient (Wildman–Crippen LogP) is 6.21. The average molecular weight is 345 g/mol. The summed E-state index contributed by atoms with van der Waals surface area (Å²) in [5.74, 6) is 7.15. The standard InChI is InChI=1S/C20H16N2.2C2H6/c1-15-3-5-17(6-4-15)7-8-18-9-11-19(12-10-18)20-13-21-16(2)22-14-20;2*1-2/h3-6,9-14H,1-2H3;2*1-2H3. The van der Waals surface area contributed by atoms with Gasteiger partial charge in [0.05, 0.1) is 0 Å². The van der Waals surface area contributed by atoms with Gasteiger partial charge in [-0.15, -0.1) is 0 Å². The van der Waals surface area contributed by atoms with Crippen molar-refractivity contribution in [1.29, 1.82) is 0 Å². The Kier molecular flexibility index (Phi) is 9.43. The molecular formula is C24H28N2. The minimum atomic E-state index is 0.782. The quantitative estimate of drug-likeness (QED) is 0.490. The van der Waals surface area contributed by atoms with Gasteiger partial charge in [-0.05, 0) is 43.7 Å². The number of hydrogen-bond acceptors (Lipinski definition) is 2. The monoisotopic (exact) mass is 344 g/mol. The molecule has 1 aromatic heterocycles. The van der Waals surface area contributed by atoms with E-state index >= 15 is 0 Å². The Balaban J connectivity index is 0.000000791. The van der Waals surface area contributed by atoms with Gasteiger partial charge < -0.3 is 0 Å². The van der Waals surface area contributed by atoms with Crippen molar-refractivity contribution in [3.63, 3.8) is 0 Å². The molecule has 2 nitrogen and oxygen atoms in total. The first-order chi connectivity index (χ1) is 12.7. The number of nitrogens with zero attached hydrogens (tertiary/aromatic N) is 2. The molecule has 0 atom stereocenters. The van der Waals surface area contributed by atoms with Gasteiger partial charge in [0, 0.05) is 29.1 Å². The first-order valence-corrected chi connectivity index (χ1v) is 9.18. The molecule has 0 unspecified atom stereocenters. The minimum absolute atomic E-state index is 0.782. The van der Waals surface area contributed by atoms with Crippen LogP contribution in [0.15, 0.2) is 60.9 Å². The zero-order valence-electron chi connectivity index (χ0n) is 16.7. The Labute approximate surface area is 158 Å². The fourth-order valence-electron chi connectivity index (χ4n) is 2.07. The van der Waals surface area contributed by atoms with Crippen LogP contribution in [0, 0.1) is 25.7 Å². The predicted molar refractivity (Wildman–Crippen MR) is 112 cm³/mol. The molecule has 0 aliphatic heterocycles. The molecule has 0 fully saturated rings. The van der Waals surface area contributed by atoms with Crippen molar-refractivity contribution in [2.45, 2.75) is 41.5 Å². The first kappa shape index (κ1) is 21.1. The van der Waals surface area contributed by atoms with Crippen molar-refractivity contribution >= 4 is 0 Å². The molecule has 3 rings (SSSR count). The molecule has 0 aliphatic rings. The van der Waals surface area contributed by atoms with Crippen molar-refractivity contribution in [3.05, 3.63) is 83.4 Å². The Bertz CT molecular complexity index is 819. The van der Waals surface area contributed by atoms with E-state index < -0.39 is 0 Å². The molecule has 0 radical (unpaired) electrons. The molecule has 3 aromatic rings. The van der Waals surface area contributed by atoms with E-state index in [1.165, 1.54) is 5.56 Å². The molecule has 0 N–H and O–H groups in total. The summed E-state index contributed by atoms with van der Waals surface area (Å²) in [7, 11) is 0. The lowest BCUT2D eigenvalue weighted by molar-refractivity contribution is 1.06. The van der Waals surface area contributed by atoms with Crippen LogP contribution >= 0.6 is 0 Å². The molecule has 2 aromatic carbocycles. The van der Waals surface area contributed by atoms with Crippen molar-refractivity contribution in [3.8, 4) is 23.0 Å². The zero-order chi connectivity index (χ0) is 19.4. The highest BCUT2D eigenvalue weighted by Gasteiger charge is 1.98. The van der Waals surface area contributed by atoms with Gasteiger partial charge in [0.1, 0.15) is 5.82 Å². The maximum absolute atomic E-state index is 4.22. The van der Waals surface area contributed by atoms with Crippen LogP contribution in [0.5, 0.6) is 0 Å². The second-order valence-electron chi connectivity index (χ2n) is 5.21. The number of aromatic nitrogens is 2. The minimum Gasteiger partial charge on any atom is -0.241 e. The van der Waals surface area contributed by atoms with Gasteiger partial charge in [0.2, 0.25) is 0 Å². The molecule has 0 saturated carbocycles. The van der Waals surface area contributed by atoms with Crippen LogP contribution in [0.4, 0.5) is 0 Å². The van der Waals surface area contributed by atoms with Crippen molar-refractivity contribution in [2.75, 3.05) is 0 Å². The Morgan fingerprint density at radius 1 is 0.577 bits per heavy atom. The lowest BCUT2D eigenvalue weighted by Crippen LogP contribution is -1.87.